The summed E-state index contributed by atoms with van der Waals surface area (Å²) in [6.07, 6.45) is 2.60. The van der Waals surface area contributed by atoms with Crippen LogP contribution < -0.4 is 5.32 Å². The van der Waals surface area contributed by atoms with Crippen molar-refractivity contribution in [3.8, 4) is 11.8 Å². The molecule has 0 bridgehead atoms. The van der Waals surface area contributed by atoms with Crippen molar-refractivity contribution in [2.45, 2.75) is 32.2 Å². The largest absolute Gasteiger partial charge is 0.395 e. The zero-order valence-electron chi connectivity index (χ0n) is 11.4. The third kappa shape index (κ3) is 3.82. The predicted octanol–water partition coefficient (Wildman–Crippen LogP) is 2.09. The standard InChI is InChI=1S/C16H18FNO2/c1-11(12-5-6-12)18-16(20)15-8-7-14(17)10-13(15)4-2-3-9-19/h7-8,10-12,19H,3,5-6,9H2,1H3,(H,18,20). The molecule has 2 rings (SSSR count). The van der Waals surface area contributed by atoms with Crippen LogP contribution in [0.25, 0.3) is 0 Å². The van der Waals surface area contributed by atoms with E-state index in [9.17, 15) is 9.18 Å². The van der Waals surface area contributed by atoms with Gasteiger partial charge in [0.05, 0.1) is 12.2 Å². The molecule has 2 N–H and O–H groups in total. The molecule has 1 unspecified atom stereocenters. The van der Waals surface area contributed by atoms with E-state index >= 15 is 0 Å². The molecule has 0 heterocycles. The first-order chi connectivity index (χ1) is 9.61. The molecule has 0 aromatic heterocycles. The molecule has 20 heavy (non-hydrogen) atoms. The number of carbonyl (C=O) groups excluding carboxylic acids is 1. The minimum atomic E-state index is -0.426. The Kier molecular flexibility index (Phi) is 4.75. The molecule has 0 saturated heterocycles. The van der Waals surface area contributed by atoms with Crippen LogP contribution in [-0.2, 0) is 0 Å². The van der Waals surface area contributed by atoms with Crippen LogP contribution in [-0.4, -0.2) is 23.7 Å². The van der Waals surface area contributed by atoms with Crippen LogP contribution in [0, 0.1) is 23.6 Å². The number of hydrogen-bond acceptors (Lipinski definition) is 2. The fraction of sp³-hybridized carbons (Fsp3) is 0.438. The summed E-state index contributed by atoms with van der Waals surface area (Å²) in [4.78, 5) is 12.2. The van der Waals surface area contributed by atoms with Crippen molar-refractivity contribution in [3.05, 3.63) is 35.1 Å². The Morgan fingerprint density at radius 2 is 2.30 bits per heavy atom. The van der Waals surface area contributed by atoms with Crippen LogP contribution in [0.3, 0.4) is 0 Å². The van der Waals surface area contributed by atoms with Crippen LogP contribution >= 0.6 is 0 Å². The van der Waals surface area contributed by atoms with Gasteiger partial charge >= 0.3 is 0 Å². The van der Waals surface area contributed by atoms with Crippen LogP contribution in [0.5, 0.6) is 0 Å². The summed E-state index contributed by atoms with van der Waals surface area (Å²) in [6.45, 7) is 1.93. The number of aliphatic hydroxyl groups is 1. The van der Waals surface area contributed by atoms with Crippen LogP contribution in [0.4, 0.5) is 4.39 Å². The van der Waals surface area contributed by atoms with Gasteiger partial charge in [-0.05, 0) is 43.9 Å². The average molecular weight is 275 g/mol. The molecule has 0 aliphatic heterocycles. The van der Waals surface area contributed by atoms with E-state index < -0.39 is 5.82 Å². The fourth-order valence-electron chi connectivity index (χ4n) is 2.03. The fourth-order valence-corrected chi connectivity index (χ4v) is 2.03. The molecule has 0 radical (unpaired) electrons. The summed E-state index contributed by atoms with van der Waals surface area (Å²) in [5.41, 5.74) is 0.739. The van der Waals surface area contributed by atoms with E-state index in [1.165, 1.54) is 18.2 Å². The maximum atomic E-state index is 13.3. The highest BCUT2D eigenvalue weighted by Crippen LogP contribution is 2.32. The molecular weight excluding hydrogens is 257 g/mol. The van der Waals surface area contributed by atoms with Crippen molar-refractivity contribution in [1.29, 1.82) is 0 Å². The third-order valence-electron chi connectivity index (χ3n) is 3.37. The number of benzene rings is 1. The molecule has 1 atom stereocenters. The van der Waals surface area contributed by atoms with E-state index in [-0.39, 0.29) is 18.6 Å². The Balaban J connectivity index is 2.16. The first kappa shape index (κ1) is 14.5. The lowest BCUT2D eigenvalue weighted by Crippen LogP contribution is -2.34. The highest BCUT2D eigenvalue weighted by Gasteiger charge is 2.29. The van der Waals surface area contributed by atoms with Gasteiger partial charge in [0.25, 0.3) is 5.91 Å². The number of hydrogen-bond donors (Lipinski definition) is 2. The maximum Gasteiger partial charge on any atom is 0.252 e. The molecule has 1 fully saturated rings. The first-order valence-electron chi connectivity index (χ1n) is 6.82. The van der Waals surface area contributed by atoms with Crippen LogP contribution in [0.2, 0.25) is 0 Å². The Labute approximate surface area is 118 Å². The molecule has 1 aromatic carbocycles. The van der Waals surface area contributed by atoms with Gasteiger partial charge in [-0.3, -0.25) is 4.79 Å². The first-order valence-corrected chi connectivity index (χ1v) is 6.82. The summed E-state index contributed by atoms with van der Waals surface area (Å²) >= 11 is 0. The minimum absolute atomic E-state index is 0.0530. The second-order valence-corrected chi connectivity index (χ2v) is 5.06. The van der Waals surface area contributed by atoms with Crippen molar-refractivity contribution >= 4 is 5.91 Å². The van der Waals surface area contributed by atoms with Gasteiger partial charge in [-0.1, -0.05) is 11.8 Å². The molecular formula is C16H18FNO2. The minimum Gasteiger partial charge on any atom is -0.395 e. The highest BCUT2D eigenvalue weighted by atomic mass is 19.1. The lowest BCUT2D eigenvalue weighted by Gasteiger charge is -2.13. The topological polar surface area (TPSA) is 49.3 Å². The smallest absolute Gasteiger partial charge is 0.252 e. The van der Waals surface area contributed by atoms with Gasteiger partial charge in [0, 0.05) is 18.0 Å². The number of carbonyl (C=O) groups is 1. The summed E-state index contributed by atoms with van der Waals surface area (Å²) in [5.74, 6) is 5.37. The third-order valence-corrected chi connectivity index (χ3v) is 3.37. The number of aliphatic hydroxyl groups excluding tert-OH is 1. The lowest BCUT2D eigenvalue weighted by molar-refractivity contribution is 0.0935. The summed E-state index contributed by atoms with van der Waals surface area (Å²) in [7, 11) is 0. The zero-order chi connectivity index (χ0) is 14.5. The van der Waals surface area contributed by atoms with E-state index in [0.29, 0.717) is 23.5 Å². The SMILES string of the molecule is CC(NC(=O)c1ccc(F)cc1C#CCCO)C1CC1. The van der Waals surface area contributed by atoms with Gasteiger partial charge in [-0.15, -0.1) is 0 Å². The number of rotatable bonds is 4. The summed E-state index contributed by atoms with van der Waals surface area (Å²) in [6, 6.07) is 4.09. The van der Waals surface area contributed by atoms with Crippen LogP contribution in [0.1, 0.15) is 42.1 Å². The molecule has 106 valence electrons. The number of amides is 1. The van der Waals surface area contributed by atoms with Gasteiger partial charge in [0.2, 0.25) is 0 Å². The van der Waals surface area contributed by atoms with E-state index in [4.69, 9.17) is 5.11 Å². The number of nitrogens with one attached hydrogen (secondary N) is 1. The Morgan fingerprint density at radius 1 is 1.55 bits per heavy atom. The van der Waals surface area contributed by atoms with Gasteiger partial charge in [0.15, 0.2) is 0 Å². The van der Waals surface area contributed by atoms with E-state index in [2.05, 4.69) is 17.2 Å². The highest BCUT2D eigenvalue weighted by molar-refractivity contribution is 5.96. The van der Waals surface area contributed by atoms with Crippen molar-refractivity contribution in [2.75, 3.05) is 6.61 Å². The normalized spacial score (nSPS) is 15.2. The van der Waals surface area contributed by atoms with Crippen LogP contribution in [0.15, 0.2) is 18.2 Å². The Bertz CT molecular complexity index is 555. The zero-order valence-corrected chi connectivity index (χ0v) is 11.4. The van der Waals surface area contributed by atoms with Gasteiger partial charge in [0.1, 0.15) is 5.82 Å². The molecule has 3 nitrogen and oxygen atoms in total. The van der Waals surface area contributed by atoms with Crippen molar-refractivity contribution in [1.82, 2.24) is 5.32 Å². The molecule has 1 aliphatic rings. The maximum absolute atomic E-state index is 13.3. The monoisotopic (exact) mass is 275 g/mol. The Morgan fingerprint density at radius 3 is 2.95 bits per heavy atom. The second kappa shape index (κ2) is 6.53. The average Bonchev–Trinajstić information content (AvgIpc) is 3.23. The van der Waals surface area contributed by atoms with Crippen molar-refractivity contribution in [2.24, 2.45) is 5.92 Å². The van der Waals surface area contributed by atoms with E-state index in [0.717, 1.165) is 12.8 Å². The molecule has 4 heteroatoms. The molecule has 1 aromatic rings. The van der Waals surface area contributed by atoms with Crippen molar-refractivity contribution in [3.63, 3.8) is 0 Å². The van der Waals surface area contributed by atoms with Crippen molar-refractivity contribution < 1.29 is 14.3 Å². The second-order valence-electron chi connectivity index (χ2n) is 5.06. The molecule has 0 spiro atoms. The number of halogens is 1. The molecule has 1 aliphatic carbocycles. The summed E-state index contributed by atoms with van der Waals surface area (Å²) in [5, 5.41) is 11.6. The van der Waals surface area contributed by atoms with E-state index in [1.54, 1.807) is 0 Å². The van der Waals surface area contributed by atoms with Gasteiger partial charge in [-0.2, -0.15) is 0 Å². The lowest BCUT2D eigenvalue weighted by atomic mass is 10.1. The van der Waals surface area contributed by atoms with Gasteiger partial charge < -0.3 is 10.4 Å². The Hall–Kier alpha value is -1.86. The van der Waals surface area contributed by atoms with E-state index in [1.807, 2.05) is 6.92 Å². The quantitative estimate of drug-likeness (QED) is 0.827. The molecule has 1 saturated carbocycles. The predicted molar refractivity (Wildman–Crippen MR) is 74.6 cm³/mol. The molecule has 1 amide bonds. The summed E-state index contributed by atoms with van der Waals surface area (Å²) < 4.78 is 13.3. The van der Waals surface area contributed by atoms with Gasteiger partial charge in [-0.25, -0.2) is 4.39 Å².